The van der Waals surface area contributed by atoms with Crippen molar-refractivity contribution in [1.82, 2.24) is 10.2 Å². The second-order valence-electron chi connectivity index (χ2n) is 3.48. The fourth-order valence-corrected chi connectivity index (χ4v) is 1.54. The molecule has 0 saturated heterocycles. The Morgan fingerprint density at radius 3 is 2.87 bits per heavy atom. The summed E-state index contributed by atoms with van der Waals surface area (Å²) in [5.41, 5.74) is 1.11. The highest BCUT2D eigenvalue weighted by molar-refractivity contribution is 6.30. The Kier molecular flexibility index (Phi) is 4.59. The Labute approximate surface area is 95.0 Å². The Hall–Kier alpha value is -1.06. The van der Waals surface area contributed by atoms with E-state index in [0.717, 1.165) is 10.6 Å². The van der Waals surface area contributed by atoms with Crippen LogP contribution < -0.4 is 5.32 Å². The molecular formula is C11H15ClN2O. The topological polar surface area (TPSA) is 32.3 Å². The molecule has 1 aromatic rings. The van der Waals surface area contributed by atoms with Crippen molar-refractivity contribution in [3.63, 3.8) is 0 Å². The van der Waals surface area contributed by atoms with Crippen LogP contribution in [0.15, 0.2) is 24.3 Å². The molecule has 1 aromatic carbocycles. The SMILES string of the molecule is CNC(=O)CN(C)Cc1cccc(Cl)c1. The molecule has 0 atom stereocenters. The first kappa shape index (κ1) is 12.0. The van der Waals surface area contributed by atoms with Crippen LogP contribution in [0.5, 0.6) is 0 Å². The van der Waals surface area contributed by atoms with Crippen LogP contribution in [0.3, 0.4) is 0 Å². The van der Waals surface area contributed by atoms with E-state index in [-0.39, 0.29) is 5.91 Å². The second-order valence-corrected chi connectivity index (χ2v) is 3.91. The first-order valence-corrected chi connectivity index (χ1v) is 5.13. The van der Waals surface area contributed by atoms with Crippen molar-refractivity contribution in [2.45, 2.75) is 6.54 Å². The zero-order chi connectivity index (χ0) is 11.3. The highest BCUT2D eigenvalue weighted by Gasteiger charge is 2.05. The standard InChI is InChI=1S/C11H15ClN2O/c1-13-11(15)8-14(2)7-9-4-3-5-10(12)6-9/h3-6H,7-8H2,1-2H3,(H,13,15). The molecule has 0 aliphatic rings. The number of carbonyl (C=O) groups excluding carboxylic acids is 1. The lowest BCUT2D eigenvalue weighted by molar-refractivity contribution is -0.121. The van der Waals surface area contributed by atoms with Crippen LogP contribution in [-0.2, 0) is 11.3 Å². The smallest absolute Gasteiger partial charge is 0.233 e. The van der Waals surface area contributed by atoms with E-state index in [9.17, 15) is 4.79 Å². The molecule has 0 unspecified atom stereocenters. The molecule has 3 nitrogen and oxygen atoms in total. The van der Waals surface area contributed by atoms with E-state index < -0.39 is 0 Å². The summed E-state index contributed by atoms with van der Waals surface area (Å²) in [6, 6.07) is 7.64. The minimum atomic E-state index is 0.0135. The van der Waals surface area contributed by atoms with Gasteiger partial charge in [0.15, 0.2) is 0 Å². The normalized spacial score (nSPS) is 10.4. The van der Waals surface area contributed by atoms with Gasteiger partial charge in [-0.1, -0.05) is 23.7 Å². The van der Waals surface area contributed by atoms with Gasteiger partial charge in [-0.25, -0.2) is 0 Å². The van der Waals surface area contributed by atoms with Gasteiger partial charge in [0.2, 0.25) is 5.91 Å². The highest BCUT2D eigenvalue weighted by atomic mass is 35.5. The number of benzene rings is 1. The second kappa shape index (κ2) is 5.73. The lowest BCUT2D eigenvalue weighted by atomic mass is 10.2. The van der Waals surface area contributed by atoms with E-state index in [1.54, 1.807) is 7.05 Å². The molecule has 0 aliphatic heterocycles. The van der Waals surface area contributed by atoms with Crippen LogP contribution >= 0.6 is 11.6 Å². The van der Waals surface area contributed by atoms with Crippen LogP contribution in [0.4, 0.5) is 0 Å². The Morgan fingerprint density at radius 1 is 1.53 bits per heavy atom. The fourth-order valence-electron chi connectivity index (χ4n) is 1.33. The Morgan fingerprint density at radius 2 is 2.27 bits per heavy atom. The van der Waals surface area contributed by atoms with Crippen LogP contribution in [0.1, 0.15) is 5.56 Å². The molecule has 0 saturated carbocycles. The minimum absolute atomic E-state index is 0.0135. The summed E-state index contributed by atoms with van der Waals surface area (Å²) in [6.07, 6.45) is 0. The van der Waals surface area contributed by atoms with Gasteiger partial charge in [0.1, 0.15) is 0 Å². The van der Waals surface area contributed by atoms with Crippen molar-refractivity contribution >= 4 is 17.5 Å². The molecule has 1 rings (SSSR count). The van der Waals surface area contributed by atoms with E-state index >= 15 is 0 Å². The third kappa shape index (κ3) is 4.32. The third-order valence-electron chi connectivity index (χ3n) is 2.03. The molecule has 1 amide bonds. The first-order chi connectivity index (χ1) is 7.11. The van der Waals surface area contributed by atoms with Gasteiger partial charge in [-0.05, 0) is 24.7 Å². The van der Waals surface area contributed by atoms with Gasteiger partial charge in [-0.15, -0.1) is 0 Å². The monoisotopic (exact) mass is 226 g/mol. The average Bonchev–Trinajstić information content (AvgIpc) is 2.17. The molecule has 0 aromatic heterocycles. The predicted molar refractivity (Wildman–Crippen MR) is 61.9 cm³/mol. The predicted octanol–water partition coefficient (Wildman–Crippen LogP) is 1.52. The van der Waals surface area contributed by atoms with Gasteiger partial charge >= 0.3 is 0 Å². The number of nitrogens with zero attached hydrogens (tertiary/aromatic N) is 1. The van der Waals surface area contributed by atoms with E-state index in [4.69, 9.17) is 11.6 Å². The number of hydrogen-bond acceptors (Lipinski definition) is 2. The summed E-state index contributed by atoms with van der Waals surface area (Å²) in [4.78, 5) is 13.0. The van der Waals surface area contributed by atoms with Gasteiger partial charge in [0, 0.05) is 18.6 Å². The molecule has 82 valence electrons. The fraction of sp³-hybridized carbons (Fsp3) is 0.364. The third-order valence-corrected chi connectivity index (χ3v) is 2.27. The average molecular weight is 227 g/mol. The number of nitrogens with one attached hydrogen (secondary N) is 1. The van der Waals surface area contributed by atoms with Gasteiger partial charge in [0.05, 0.1) is 6.54 Å². The van der Waals surface area contributed by atoms with E-state index in [1.807, 2.05) is 36.2 Å². The first-order valence-electron chi connectivity index (χ1n) is 4.75. The molecular weight excluding hydrogens is 212 g/mol. The molecule has 0 aliphatic carbocycles. The van der Waals surface area contributed by atoms with Gasteiger partial charge < -0.3 is 5.32 Å². The van der Waals surface area contributed by atoms with Gasteiger partial charge in [-0.3, -0.25) is 9.69 Å². The van der Waals surface area contributed by atoms with Crippen molar-refractivity contribution in [1.29, 1.82) is 0 Å². The number of carbonyl (C=O) groups is 1. The number of amides is 1. The molecule has 0 spiro atoms. The summed E-state index contributed by atoms with van der Waals surface area (Å²) in [5.74, 6) is 0.0135. The van der Waals surface area contributed by atoms with E-state index in [0.29, 0.717) is 13.1 Å². The van der Waals surface area contributed by atoms with Crippen molar-refractivity contribution in [2.75, 3.05) is 20.6 Å². The van der Waals surface area contributed by atoms with E-state index in [2.05, 4.69) is 5.32 Å². The molecule has 1 N–H and O–H groups in total. The molecule has 0 heterocycles. The summed E-state index contributed by atoms with van der Waals surface area (Å²) in [6.45, 7) is 1.11. The summed E-state index contributed by atoms with van der Waals surface area (Å²) < 4.78 is 0. The summed E-state index contributed by atoms with van der Waals surface area (Å²) >= 11 is 5.86. The van der Waals surface area contributed by atoms with Crippen LogP contribution in [0, 0.1) is 0 Å². The van der Waals surface area contributed by atoms with Gasteiger partial charge in [-0.2, -0.15) is 0 Å². The summed E-state index contributed by atoms with van der Waals surface area (Å²) in [7, 11) is 3.53. The number of hydrogen-bond donors (Lipinski definition) is 1. The Bertz CT molecular complexity index is 341. The highest BCUT2D eigenvalue weighted by Crippen LogP contribution is 2.11. The maximum atomic E-state index is 11.1. The molecule has 0 bridgehead atoms. The molecule has 15 heavy (non-hydrogen) atoms. The van der Waals surface area contributed by atoms with E-state index in [1.165, 1.54) is 0 Å². The molecule has 4 heteroatoms. The van der Waals surface area contributed by atoms with Crippen molar-refractivity contribution < 1.29 is 4.79 Å². The maximum absolute atomic E-state index is 11.1. The Balaban J connectivity index is 2.51. The lowest BCUT2D eigenvalue weighted by Gasteiger charge is -2.15. The molecule has 0 radical (unpaired) electrons. The van der Waals surface area contributed by atoms with Crippen LogP contribution in [0.25, 0.3) is 0 Å². The van der Waals surface area contributed by atoms with Crippen molar-refractivity contribution in [3.05, 3.63) is 34.9 Å². The number of halogens is 1. The quantitative estimate of drug-likeness (QED) is 0.845. The summed E-state index contributed by atoms with van der Waals surface area (Å²) in [5, 5.41) is 3.31. The van der Waals surface area contributed by atoms with Gasteiger partial charge in [0.25, 0.3) is 0 Å². The molecule has 0 fully saturated rings. The van der Waals surface area contributed by atoms with Crippen LogP contribution in [0.2, 0.25) is 5.02 Å². The minimum Gasteiger partial charge on any atom is -0.358 e. The number of rotatable bonds is 4. The zero-order valence-electron chi connectivity index (χ0n) is 8.96. The maximum Gasteiger partial charge on any atom is 0.233 e. The lowest BCUT2D eigenvalue weighted by Crippen LogP contribution is -2.32. The largest absolute Gasteiger partial charge is 0.358 e. The zero-order valence-corrected chi connectivity index (χ0v) is 9.71. The van der Waals surface area contributed by atoms with Crippen molar-refractivity contribution in [3.8, 4) is 0 Å². The van der Waals surface area contributed by atoms with Crippen molar-refractivity contribution in [2.24, 2.45) is 0 Å². The number of likely N-dealkylation sites (N-methyl/N-ethyl adjacent to an activating group) is 2. The van der Waals surface area contributed by atoms with Crippen LogP contribution in [-0.4, -0.2) is 31.4 Å².